The van der Waals surface area contributed by atoms with Gasteiger partial charge in [0.25, 0.3) is 0 Å². The van der Waals surface area contributed by atoms with E-state index in [9.17, 15) is 0 Å². The number of ether oxygens (including phenoxy) is 2. The van der Waals surface area contributed by atoms with Crippen molar-refractivity contribution in [2.45, 2.75) is 32.7 Å². The van der Waals surface area contributed by atoms with Crippen molar-refractivity contribution in [3.05, 3.63) is 35.8 Å². The molecule has 0 aromatic carbocycles. The average Bonchev–Trinajstić information content (AvgIpc) is 2.78. The molecule has 0 radical (unpaired) electrons. The normalized spacial score (nSPS) is 18.9. The molecule has 136 valence electrons. The highest BCUT2D eigenvalue weighted by atomic mass is 16.5. The first-order valence-electron chi connectivity index (χ1n) is 8.99. The number of nitrogens with zero attached hydrogens (tertiary/aromatic N) is 4. The minimum absolute atomic E-state index is 0.677. The maximum Gasteiger partial charge on any atom is 0.222 e. The quantitative estimate of drug-likeness (QED) is 0.806. The summed E-state index contributed by atoms with van der Waals surface area (Å²) in [6, 6.07) is 3.80. The van der Waals surface area contributed by atoms with Crippen molar-refractivity contribution in [3.8, 4) is 11.6 Å². The number of pyridine rings is 1. The first kappa shape index (κ1) is 17.9. The van der Waals surface area contributed by atoms with E-state index in [0.717, 1.165) is 49.1 Å². The lowest BCUT2D eigenvalue weighted by Gasteiger charge is -2.20. The van der Waals surface area contributed by atoms with Crippen molar-refractivity contribution in [1.29, 1.82) is 0 Å². The van der Waals surface area contributed by atoms with Crippen LogP contribution in [0.5, 0.6) is 11.6 Å². The van der Waals surface area contributed by atoms with Crippen LogP contribution in [-0.4, -0.2) is 46.5 Å². The van der Waals surface area contributed by atoms with E-state index < -0.39 is 0 Å². The largest absolute Gasteiger partial charge is 0.437 e. The van der Waals surface area contributed by atoms with Crippen LogP contribution in [0.3, 0.4) is 0 Å². The van der Waals surface area contributed by atoms with Gasteiger partial charge in [0.2, 0.25) is 5.88 Å². The topological polar surface area (TPSA) is 52.4 Å². The number of likely N-dealkylation sites (tertiary alicyclic amines) is 1. The molecule has 1 aliphatic rings. The molecule has 25 heavy (non-hydrogen) atoms. The van der Waals surface area contributed by atoms with E-state index in [1.165, 1.54) is 19.3 Å². The molecule has 1 aliphatic heterocycles. The standard InChI is InChI=1S/C19H28N4O2/c1-15-18(13-23-10-5-6-16(8-11-23)14-24-3)19(22(2)21-15)25-17-7-4-9-20-12-17/h4,7,9,12,16H,5-6,8,10-11,13-14H2,1-3H3. The van der Waals surface area contributed by atoms with E-state index in [0.29, 0.717) is 5.92 Å². The maximum absolute atomic E-state index is 6.08. The number of aryl methyl sites for hydroxylation is 2. The highest BCUT2D eigenvalue weighted by Crippen LogP contribution is 2.29. The Morgan fingerprint density at radius 3 is 2.92 bits per heavy atom. The van der Waals surface area contributed by atoms with E-state index in [4.69, 9.17) is 9.47 Å². The van der Waals surface area contributed by atoms with Gasteiger partial charge in [0.05, 0.1) is 17.5 Å². The van der Waals surface area contributed by atoms with Crippen LogP contribution in [0.4, 0.5) is 0 Å². The van der Waals surface area contributed by atoms with Gasteiger partial charge in [-0.25, -0.2) is 4.68 Å². The molecule has 1 atom stereocenters. The van der Waals surface area contributed by atoms with Crippen molar-refractivity contribution in [1.82, 2.24) is 19.7 Å². The molecule has 3 heterocycles. The lowest BCUT2D eigenvalue weighted by atomic mass is 10.0. The highest BCUT2D eigenvalue weighted by Gasteiger charge is 2.22. The van der Waals surface area contributed by atoms with Crippen LogP contribution < -0.4 is 4.74 Å². The van der Waals surface area contributed by atoms with Gasteiger partial charge in [-0.1, -0.05) is 0 Å². The third-order valence-electron chi connectivity index (χ3n) is 4.86. The van der Waals surface area contributed by atoms with E-state index in [-0.39, 0.29) is 0 Å². The molecule has 1 saturated heterocycles. The third kappa shape index (κ3) is 4.58. The molecule has 0 amide bonds. The van der Waals surface area contributed by atoms with Crippen molar-refractivity contribution >= 4 is 0 Å². The number of hydrogen-bond donors (Lipinski definition) is 0. The van der Waals surface area contributed by atoms with Gasteiger partial charge in [0.1, 0.15) is 5.75 Å². The van der Waals surface area contributed by atoms with Crippen LogP contribution in [0.2, 0.25) is 0 Å². The Hall–Kier alpha value is -1.92. The molecular formula is C19H28N4O2. The first-order valence-corrected chi connectivity index (χ1v) is 8.99. The van der Waals surface area contributed by atoms with E-state index in [1.54, 1.807) is 19.5 Å². The Morgan fingerprint density at radius 2 is 2.16 bits per heavy atom. The molecule has 6 nitrogen and oxygen atoms in total. The highest BCUT2D eigenvalue weighted by molar-refractivity contribution is 5.34. The molecule has 1 fully saturated rings. The third-order valence-corrected chi connectivity index (χ3v) is 4.86. The number of methoxy groups -OCH3 is 1. The SMILES string of the molecule is COCC1CCCN(Cc2c(C)nn(C)c2Oc2cccnc2)CC1. The monoisotopic (exact) mass is 344 g/mol. The van der Waals surface area contributed by atoms with Crippen molar-refractivity contribution in [3.63, 3.8) is 0 Å². The van der Waals surface area contributed by atoms with Gasteiger partial charge >= 0.3 is 0 Å². The molecule has 2 aromatic heterocycles. The van der Waals surface area contributed by atoms with Gasteiger partial charge in [-0.15, -0.1) is 0 Å². The van der Waals surface area contributed by atoms with E-state index >= 15 is 0 Å². The molecule has 2 aromatic rings. The van der Waals surface area contributed by atoms with Gasteiger partial charge < -0.3 is 9.47 Å². The zero-order valence-corrected chi connectivity index (χ0v) is 15.4. The van der Waals surface area contributed by atoms with Crippen LogP contribution in [0.15, 0.2) is 24.5 Å². The summed E-state index contributed by atoms with van der Waals surface area (Å²) >= 11 is 0. The minimum atomic E-state index is 0.677. The van der Waals surface area contributed by atoms with Crippen LogP contribution >= 0.6 is 0 Å². The van der Waals surface area contributed by atoms with Crippen LogP contribution in [0.25, 0.3) is 0 Å². The van der Waals surface area contributed by atoms with Crippen LogP contribution in [0, 0.1) is 12.8 Å². The molecule has 3 rings (SSSR count). The number of rotatable bonds is 6. The lowest BCUT2D eigenvalue weighted by molar-refractivity contribution is 0.143. The van der Waals surface area contributed by atoms with Gasteiger partial charge in [0.15, 0.2) is 0 Å². The second-order valence-electron chi connectivity index (χ2n) is 6.81. The molecular weight excluding hydrogens is 316 g/mol. The summed E-state index contributed by atoms with van der Waals surface area (Å²) in [7, 11) is 3.73. The zero-order valence-electron chi connectivity index (χ0n) is 15.4. The van der Waals surface area contributed by atoms with Crippen LogP contribution in [-0.2, 0) is 18.3 Å². The lowest BCUT2D eigenvalue weighted by Crippen LogP contribution is -2.25. The van der Waals surface area contributed by atoms with Gasteiger partial charge in [0, 0.05) is 33.5 Å². The predicted molar refractivity (Wildman–Crippen MR) is 96.8 cm³/mol. The summed E-state index contributed by atoms with van der Waals surface area (Å²) in [6.45, 7) is 6.00. The molecule has 0 spiro atoms. The number of hydrogen-bond acceptors (Lipinski definition) is 5. The fourth-order valence-corrected chi connectivity index (χ4v) is 3.52. The second kappa shape index (κ2) is 8.45. The zero-order chi connectivity index (χ0) is 17.6. The summed E-state index contributed by atoms with van der Waals surface area (Å²) in [5.74, 6) is 2.22. The Bertz CT molecular complexity index is 672. The molecule has 6 heteroatoms. The summed E-state index contributed by atoms with van der Waals surface area (Å²) in [5, 5.41) is 4.57. The van der Waals surface area contributed by atoms with E-state index in [2.05, 4.69) is 21.9 Å². The second-order valence-corrected chi connectivity index (χ2v) is 6.81. The molecule has 1 unspecified atom stereocenters. The fourth-order valence-electron chi connectivity index (χ4n) is 3.52. The Labute approximate surface area is 149 Å². The Balaban J connectivity index is 1.72. The van der Waals surface area contributed by atoms with Gasteiger partial charge in [-0.3, -0.25) is 9.88 Å². The predicted octanol–water partition coefficient (Wildman–Crippen LogP) is 3.16. The number of aromatic nitrogens is 3. The maximum atomic E-state index is 6.08. The smallest absolute Gasteiger partial charge is 0.222 e. The van der Waals surface area contributed by atoms with Gasteiger partial charge in [-0.2, -0.15) is 5.10 Å². The summed E-state index contributed by atoms with van der Waals surface area (Å²) < 4.78 is 13.2. The Kier molecular flexibility index (Phi) is 6.04. The molecule has 0 N–H and O–H groups in total. The fraction of sp³-hybridized carbons (Fsp3) is 0.579. The van der Waals surface area contributed by atoms with Crippen LogP contribution in [0.1, 0.15) is 30.5 Å². The summed E-state index contributed by atoms with van der Waals surface area (Å²) in [6.07, 6.45) is 7.12. The van der Waals surface area contributed by atoms with Gasteiger partial charge in [-0.05, 0) is 57.3 Å². The minimum Gasteiger partial charge on any atom is -0.437 e. The first-order chi connectivity index (χ1) is 12.2. The van der Waals surface area contributed by atoms with E-state index in [1.807, 2.05) is 23.9 Å². The van der Waals surface area contributed by atoms with Crippen molar-refractivity contribution in [2.24, 2.45) is 13.0 Å². The van der Waals surface area contributed by atoms with Crippen molar-refractivity contribution in [2.75, 3.05) is 26.8 Å². The molecule has 0 saturated carbocycles. The summed E-state index contributed by atoms with van der Waals surface area (Å²) in [5.41, 5.74) is 2.19. The molecule has 0 bridgehead atoms. The summed E-state index contributed by atoms with van der Waals surface area (Å²) in [4.78, 5) is 6.63. The molecule has 0 aliphatic carbocycles. The van der Waals surface area contributed by atoms with Crippen molar-refractivity contribution < 1.29 is 9.47 Å². The average molecular weight is 344 g/mol. The Morgan fingerprint density at radius 1 is 1.28 bits per heavy atom.